The van der Waals surface area contributed by atoms with Crippen molar-refractivity contribution in [2.75, 3.05) is 33.2 Å². The Balaban J connectivity index is 2.61. The van der Waals surface area contributed by atoms with E-state index in [0.29, 0.717) is 12.5 Å². The molecule has 0 unspecified atom stereocenters. The van der Waals surface area contributed by atoms with Gasteiger partial charge in [0.05, 0.1) is 6.54 Å². The number of hydrazine groups is 1. The summed E-state index contributed by atoms with van der Waals surface area (Å²) in [5.74, 6) is 6.21. The van der Waals surface area contributed by atoms with Gasteiger partial charge >= 0.3 is 0 Å². The van der Waals surface area contributed by atoms with Crippen LogP contribution < -0.4 is 11.3 Å². The van der Waals surface area contributed by atoms with E-state index in [9.17, 15) is 4.79 Å². The highest BCUT2D eigenvalue weighted by Gasteiger charge is 2.20. The molecule has 0 aliphatic carbocycles. The second-order valence-corrected chi connectivity index (χ2v) is 4.29. The summed E-state index contributed by atoms with van der Waals surface area (Å²) in [4.78, 5) is 19.8. The van der Waals surface area contributed by atoms with Crippen molar-refractivity contribution < 1.29 is 4.79 Å². The van der Waals surface area contributed by atoms with Gasteiger partial charge in [-0.15, -0.1) is 0 Å². The van der Waals surface area contributed by atoms with Crippen LogP contribution in [0.4, 0.5) is 0 Å². The van der Waals surface area contributed by atoms with Gasteiger partial charge in [-0.05, 0) is 12.8 Å². The molecule has 98 valence electrons. The Bertz CT molecular complexity index is 279. The molecule has 0 aromatic rings. The van der Waals surface area contributed by atoms with Gasteiger partial charge in [0, 0.05) is 26.7 Å². The lowest BCUT2D eigenvalue weighted by atomic mass is 10.3. The molecular weight excluding hydrogens is 218 g/mol. The van der Waals surface area contributed by atoms with Crippen LogP contribution in [0.3, 0.4) is 0 Å². The first kappa shape index (κ1) is 13.8. The molecule has 0 bridgehead atoms. The maximum Gasteiger partial charge on any atom is 0.241 e. The van der Waals surface area contributed by atoms with Gasteiger partial charge in [-0.1, -0.05) is 13.3 Å². The first-order chi connectivity index (χ1) is 8.19. The Hall–Kier alpha value is -1.30. The number of hydrogen-bond acceptors (Lipinski definition) is 3. The molecule has 3 N–H and O–H groups in total. The molecule has 1 fully saturated rings. The van der Waals surface area contributed by atoms with Crippen LogP contribution in [0, 0.1) is 0 Å². The van der Waals surface area contributed by atoms with E-state index in [1.165, 1.54) is 0 Å². The zero-order chi connectivity index (χ0) is 12.7. The molecule has 17 heavy (non-hydrogen) atoms. The van der Waals surface area contributed by atoms with E-state index < -0.39 is 0 Å². The molecule has 1 heterocycles. The van der Waals surface area contributed by atoms with Crippen LogP contribution >= 0.6 is 0 Å². The van der Waals surface area contributed by atoms with Crippen molar-refractivity contribution in [1.82, 2.24) is 15.2 Å². The number of guanidine groups is 1. The topological polar surface area (TPSA) is 74.0 Å². The van der Waals surface area contributed by atoms with Crippen LogP contribution in [0.25, 0.3) is 0 Å². The summed E-state index contributed by atoms with van der Waals surface area (Å²) in [5, 5.41) is 0. The second kappa shape index (κ2) is 7.11. The number of rotatable bonds is 3. The number of unbranched alkanes of at least 4 members (excludes halogenated alkanes) is 1. The summed E-state index contributed by atoms with van der Waals surface area (Å²) in [5.41, 5.74) is 2.60. The first-order valence-corrected chi connectivity index (χ1v) is 6.19. The maximum atomic E-state index is 11.7. The molecule has 0 saturated carbocycles. The largest absolute Gasteiger partial charge is 0.344 e. The minimum Gasteiger partial charge on any atom is -0.344 e. The highest BCUT2D eigenvalue weighted by Crippen LogP contribution is 2.03. The number of nitrogens with two attached hydrogens (primary N) is 1. The van der Waals surface area contributed by atoms with Crippen molar-refractivity contribution in [3.05, 3.63) is 0 Å². The Morgan fingerprint density at radius 3 is 2.94 bits per heavy atom. The summed E-state index contributed by atoms with van der Waals surface area (Å²) in [7, 11) is 1.83. The number of carbonyl (C=O) groups excluding carboxylic acids is 1. The molecule has 0 atom stereocenters. The Labute approximate surface area is 103 Å². The highest BCUT2D eigenvalue weighted by atomic mass is 16.2. The fourth-order valence-corrected chi connectivity index (χ4v) is 1.75. The minimum absolute atomic E-state index is 0.112. The van der Waals surface area contributed by atoms with Crippen molar-refractivity contribution in [1.29, 1.82) is 0 Å². The summed E-state index contributed by atoms with van der Waals surface area (Å²) >= 11 is 0. The normalized spacial score (nSPS) is 18.3. The fourth-order valence-electron chi connectivity index (χ4n) is 1.75. The van der Waals surface area contributed by atoms with E-state index in [1.54, 1.807) is 4.90 Å². The zero-order valence-electron chi connectivity index (χ0n) is 10.8. The summed E-state index contributed by atoms with van der Waals surface area (Å²) in [6.45, 7) is 4.82. The van der Waals surface area contributed by atoms with E-state index in [-0.39, 0.29) is 5.91 Å². The third-order valence-electron chi connectivity index (χ3n) is 2.88. The highest BCUT2D eigenvalue weighted by molar-refractivity contribution is 5.86. The summed E-state index contributed by atoms with van der Waals surface area (Å²) in [6, 6.07) is 0. The molecule has 1 aliphatic rings. The minimum atomic E-state index is 0.112. The lowest BCUT2D eigenvalue weighted by molar-refractivity contribution is -0.129. The smallest absolute Gasteiger partial charge is 0.241 e. The summed E-state index contributed by atoms with van der Waals surface area (Å²) < 4.78 is 0. The van der Waals surface area contributed by atoms with Crippen LogP contribution in [0.1, 0.15) is 26.2 Å². The number of nitrogens with zero attached hydrogens (tertiary/aromatic N) is 3. The number of carbonyl (C=O) groups is 1. The molecule has 1 saturated heterocycles. The molecule has 0 spiro atoms. The number of hydrogen-bond donors (Lipinski definition) is 2. The number of amides is 1. The molecule has 0 aromatic heterocycles. The first-order valence-electron chi connectivity index (χ1n) is 6.19. The SMILES string of the molecule is CCCCN=C(NN)N1CCCN(C)C(=O)C1. The van der Waals surface area contributed by atoms with Crippen molar-refractivity contribution >= 4 is 11.9 Å². The molecule has 1 aliphatic heterocycles. The number of nitrogens with one attached hydrogen (secondary N) is 1. The molecule has 0 radical (unpaired) electrons. The van der Waals surface area contributed by atoms with Gasteiger partial charge in [-0.3, -0.25) is 15.2 Å². The van der Waals surface area contributed by atoms with Gasteiger partial charge in [0.25, 0.3) is 0 Å². The Kier molecular flexibility index (Phi) is 5.76. The number of aliphatic imine (C=N–C) groups is 1. The fraction of sp³-hybridized carbons (Fsp3) is 0.818. The van der Waals surface area contributed by atoms with E-state index in [4.69, 9.17) is 5.84 Å². The third kappa shape index (κ3) is 4.22. The van der Waals surface area contributed by atoms with Crippen molar-refractivity contribution in [2.24, 2.45) is 10.8 Å². The van der Waals surface area contributed by atoms with Crippen molar-refractivity contribution in [2.45, 2.75) is 26.2 Å². The van der Waals surface area contributed by atoms with Gasteiger partial charge < -0.3 is 9.80 Å². The van der Waals surface area contributed by atoms with E-state index >= 15 is 0 Å². The van der Waals surface area contributed by atoms with Gasteiger partial charge in [0.1, 0.15) is 0 Å². The van der Waals surface area contributed by atoms with Crippen LogP contribution in [0.5, 0.6) is 0 Å². The van der Waals surface area contributed by atoms with Crippen LogP contribution in [0.2, 0.25) is 0 Å². The van der Waals surface area contributed by atoms with Crippen LogP contribution in [0.15, 0.2) is 4.99 Å². The lowest BCUT2D eigenvalue weighted by Crippen LogP contribution is -2.47. The monoisotopic (exact) mass is 241 g/mol. The van der Waals surface area contributed by atoms with Crippen molar-refractivity contribution in [3.63, 3.8) is 0 Å². The summed E-state index contributed by atoms with van der Waals surface area (Å²) in [6.07, 6.45) is 3.08. The lowest BCUT2D eigenvalue weighted by Gasteiger charge is -2.22. The van der Waals surface area contributed by atoms with Gasteiger partial charge in [0.2, 0.25) is 11.9 Å². The zero-order valence-corrected chi connectivity index (χ0v) is 10.8. The van der Waals surface area contributed by atoms with Gasteiger partial charge in [0.15, 0.2) is 0 Å². The maximum absolute atomic E-state index is 11.7. The Morgan fingerprint density at radius 2 is 2.29 bits per heavy atom. The average molecular weight is 241 g/mol. The van der Waals surface area contributed by atoms with Crippen molar-refractivity contribution in [3.8, 4) is 0 Å². The number of likely N-dealkylation sites (N-methyl/N-ethyl adjacent to an activating group) is 1. The van der Waals surface area contributed by atoms with E-state index in [2.05, 4.69) is 17.3 Å². The van der Waals surface area contributed by atoms with Crippen LogP contribution in [-0.4, -0.2) is 54.9 Å². The molecule has 0 aromatic carbocycles. The molecule has 6 heteroatoms. The van der Waals surface area contributed by atoms with Crippen LogP contribution in [-0.2, 0) is 4.79 Å². The average Bonchev–Trinajstić information content (AvgIpc) is 2.48. The molecular formula is C11H23N5O. The van der Waals surface area contributed by atoms with E-state index in [0.717, 1.165) is 38.9 Å². The molecule has 1 amide bonds. The third-order valence-corrected chi connectivity index (χ3v) is 2.88. The predicted octanol–water partition coefficient (Wildman–Crippen LogP) is -0.230. The van der Waals surface area contributed by atoms with E-state index in [1.807, 2.05) is 11.9 Å². The standard InChI is InChI=1S/C11H23N5O/c1-3-4-6-13-11(14-12)16-8-5-7-15(2)10(17)9-16/h3-9,12H2,1-2H3,(H,13,14). The Morgan fingerprint density at radius 1 is 1.53 bits per heavy atom. The molecule has 6 nitrogen and oxygen atoms in total. The predicted molar refractivity (Wildman–Crippen MR) is 68.4 cm³/mol. The molecule has 1 rings (SSSR count). The van der Waals surface area contributed by atoms with Gasteiger partial charge in [-0.25, -0.2) is 5.84 Å². The quantitative estimate of drug-likeness (QED) is 0.235. The van der Waals surface area contributed by atoms with Gasteiger partial charge in [-0.2, -0.15) is 0 Å². The second-order valence-electron chi connectivity index (χ2n) is 4.29.